The molecule has 0 amide bonds. The Hall–Kier alpha value is -2.23. The highest BCUT2D eigenvalue weighted by molar-refractivity contribution is 8.17. The molecule has 2 aromatic heterocycles. The third-order valence-electron chi connectivity index (χ3n) is 6.01. The molecule has 0 saturated heterocycles. The van der Waals surface area contributed by atoms with Gasteiger partial charge >= 0.3 is 0 Å². The van der Waals surface area contributed by atoms with Gasteiger partial charge in [-0.3, -0.25) is 4.79 Å². The van der Waals surface area contributed by atoms with Crippen molar-refractivity contribution < 1.29 is 8.78 Å². The van der Waals surface area contributed by atoms with E-state index in [1.54, 1.807) is 4.68 Å². The molecule has 3 N–H and O–H groups in total. The van der Waals surface area contributed by atoms with Gasteiger partial charge in [-0.15, -0.1) is 0 Å². The summed E-state index contributed by atoms with van der Waals surface area (Å²) in [6.45, 7) is 5.96. The van der Waals surface area contributed by atoms with Crippen LogP contribution in [0.15, 0.2) is 27.6 Å². The van der Waals surface area contributed by atoms with Crippen LogP contribution in [-0.2, 0) is 0 Å². The number of allylic oxidation sites excluding steroid dienone is 1. The monoisotopic (exact) mass is 422 g/mol. The number of alkyl halides is 2. The van der Waals surface area contributed by atoms with E-state index in [4.69, 9.17) is 10.8 Å². The van der Waals surface area contributed by atoms with E-state index in [0.717, 1.165) is 22.8 Å². The fourth-order valence-corrected chi connectivity index (χ4v) is 5.04. The van der Waals surface area contributed by atoms with Gasteiger partial charge in [-0.25, -0.2) is 18.4 Å². The Balaban J connectivity index is 1.62. The van der Waals surface area contributed by atoms with Crippen molar-refractivity contribution in [2.45, 2.75) is 63.3 Å². The molecule has 2 aliphatic carbocycles. The molecule has 0 bridgehead atoms. The molecule has 0 aromatic carbocycles. The summed E-state index contributed by atoms with van der Waals surface area (Å²) in [4.78, 5) is 21.2. The van der Waals surface area contributed by atoms with Crippen LogP contribution >= 0.6 is 11.8 Å². The van der Waals surface area contributed by atoms with Crippen LogP contribution in [0.3, 0.4) is 0 Å². The summed E-state index contributed by atoms with van der Waals surface area (Å²) in [5.41, 5.74) is 0.226. The Labute approximate surface area is 170 Å². The predicted octanol–water partition coefficient (Wildman–Crippen LogP) is 3.90. The van der Waals surface area contributed by atoms with Crippen LogP contribution in [-0.4, -0.2) is 30.7 Å². The number of halogens is 2. The van der Waals surface area contributed by atoms with E-state index < -0.39 is 5.92 Å². The van der Waals surface area contributed by atoms with Crippen molar-refractivity contribution in [3.05, 3.63) is 33.9 Å². The summed E-state index contributed by atoms with van der Waals surface area (Å²) in [7, 11) is 0. The van der Waals surface area contributed by atoms with Crippen molar-refractivity contribution in [2.24, 2.45) is 16.9 Å². The molecule has 2 aliphatic rings. The first-order chi connectivity index (χ1) is 13.8. The zero-order valence-electron chi connectivity index (χ0n) is 16.2. The van der Waals surface area contributed by atoms with Gasteiger partial charge in [0, 0.05) is 18.8 Å². The van der Waals surface area contributed by atoms with E-state index in [-0.39, 0.29) is 36.3 Å². The second kappa shape index (κ2) is 7.55. The molecule has 29 heavy (non-hydrogen) atoms. The zero-order chi connectivity index (χ0) is 20.8. The molecule has 0 spiro atoms. The Kier molecular flexibility index (Phi) is 5.22. The lowest BCUT2D eigenvalue weighted by atomic mass is 9.73. The highest BCUT2D eigenvalue weighted by Gasteiger charge is 2.38. The smallest absolute Gasteiger partial charge is 0.262 e. The largest absolute Gasteiger partial charge is 0.323 e. The fraction of sp³-hybridized carbons (Fsp3) is 0.579. The molecule has 2 saturated carbocycles. The Morgan fingerprint density at radius 3 is 2.72 bits per heavy atom. The topological polar surface area (TPSA) is 102 Å². The number of aromatic nitrogens is 4. The van der Waals surface area contributed by atoms with Crippen LogP contribution in [0.4, 0.5) is 8.78 Å². The number of fused-ring (bicyclic) bond motifs is 1. The van der Waals surface area contributed by atoms with Crippen LogP contribution < -0.4 is 11.4 Å². The number of H-pyrrole nitrogens is 1. The number of nitrogens with two attached hydrogens (primary N) is 1. The van der Waals surface area contributed by atoms with Gasteiger partial charge in [-0.05, 0) is 43.4 Å². The zero-order valence-corrected chi connectivity index (χ0v) is 17.0. The van der Waals surface area contributed by atoms with Gasteiger partial charge in [0.1, 0.15) is 11.2 Å². The summed E-state index contributed by atoms with van der Waals surface area (Å²) in [6.07, 6.45) is 3.63. The first-order valence-electron chi connectivity index (χ1n) is 9.75. The normalized spacial score (nSPS) is 25.1. The Morgan fingerprint density at radius 2 is 2.10 bits per heavy atom. The second-order valence-corrected chi connectivity index (χ2v) is 9.19. The summed E-state index contributed by atoms with van der Waals surface area (Å²) >= 11 is 1.44. The number of hydrazone groups is 1. The van der Waals surface area contributed by atoms with Gasteiger partial charge in [0.15, 0.2) is 5.65 Å². The first-order valence-corrected chi connectivity index (χ1v) is 10.6. The van der Waals surface area contributed by atoms with Crippen LogP contribution in [0.25, 0.3) is 11.0 Å². The fourth-order valence-electron chi connectivity index (χ4n) is 4.17. The summed E-state index contributed by atoms with van der Waals surface area (Å²) in [6, 6.07) is -0.166. The van der Waals surface area contributed by atoms with Crippen molar-refractivity contribution in [2.75, 3.05) is 0 Å². The number of nitrogens with zero attached hydrogens (tertiary/aromatic N) is 4. The first kappa shape index (κ1) is 20.1. The van der Waals surface area contributed by atoms with Crippen molar-refractivity contribution in [1.82, 2.24) is 19.7 Å². The van der Waals surface area contributed by atoms with E-state index in [0.29, 0.717) is 29.7 Å². The van der Waals surface area contributed by atoms with Crippen molar-refractivity contribution >= 4 is 27.8 Å². The number of thioether (sulfide) groups is 1. The van der Waals surface area contributed by atoms with Gasteiger partial charge in [-0.2, -0.15) is 10.2 Å². The van der Waals surface area contributed by atoms with E-state index in [1.165, 1.54) is 18.0 Å². The Morgan fingerprint density at radius 1 is 1.38 bits per heavy atom. The van der Waals surface area contributed by atoms with Crippen molar-refractivity contribution in [3.8, 4) is 0 Å². The van der Waals surface area contributed by atoms with E-state index in [2.05, 4.69) is 21.8 Å². The minimum Gasteiger partial charge on any atom is -0.323 e. The second-order valence-electron chi connectivity index (χ2n) is 7.87. The molecule has 2 fully saturated rings. The molecule has 2 aromatic rings. The maximum Gasteiger partial charge on any atom is 0.262 e. The molecule has 7 nitrogen and oxygen atoms in total. The molecule has 2 atom stereocenters. The van der Waals surface area contributed by atoms with Gasteiger partial charge in [0.25, 0.3) is 5.56 Å². The molecule has 4 rings (SSSR count). The standard InChI is InChI=1S/C19H24F2N6OS/c1-10(29-11(2)26-22)13-3-4-14(13)16-24-17-15(18(28)25-16)9-23-27(17)12-5-7-19(20,21)8-6-12/h9,12-14H,1,3-8,22H2,2H3,(H,24,25,28)/b26-11-/t13-,14-/m1/s1. The minimum atomic E-state index is -2.61. The molecule has 156 valence electrons. The van der Waals surface area contributed by atoms with Gasteiger partial charge < -0.3 is 10.8 Å². The van der Waals surface area contributed by atoms with E-state index in [9.17, 15) is 13.6 Å². The average molecular weight is 423 g/mol. The van der Waals surface area contributed by atoms with Gasteiger partial charge in [-0.1, -0.05) is 18.3 Å². The highest BCUT2D eigenvalue weighted by atomic mass is 32.2. The van der Waals surface area contributed by atoms with Crippen LogP contribution in [0.5, 0.6) is 0 Å². The van der Waals surface area contributed by atoms with E-state index >= 15 is 0 Å². The van der Waals surface area contributed by atoms with Gasteiger partial charge in [0.2, 0.25) is 5.92 Å². The molecule has 10 heteroatoms. The van der Waals surface area contributed by atoms with Crippen LogP contribution in [0.2, 0.25) is 0 Å². The van der Waals surface area contributed by atoms with Crippen LogP contribution in [0.1, 0.15) is 63.2 Å². The van der Waals surface area contributed by atoms with Crippen molar-refractivity contribution in [1.29, 1.82) is 0 Å². The molecule has 0 aliphatic heterocycles. The van der Waals surface area contributed by atoms with Gasteiger partial charge in [0.05, 0.1) is 17.3 Å². The molecule has 0 radical (unpaired) electrons. The maximum absolute atomic E-state index is 13.5. The maximum atomic E-state index is 13.5. The number of hydrogen-bond acceptors (Lipinski definition) is 6. The molecule has 2 heterocycles. The number of rotatable bonds is 4. The lowest BCUT2D eigenvalue weighted by Crippen LogP contribution is -2.29. The average Bonchev–Trinajstić information content (AvgIpc) is 3.05. The van der Waals surface area contributed by atoms with E-state index in [1.807, 2.05) is 6.92 Å². The third kappa shape index (κ3) is 3.82. The lowest BCUT2D eigenvalue weighted by Gasteiger charge is -2.36. The quantitative estimate of drug-likeness (QED) is 0.337. The summed E-state index contributed by atoms with van der Waals surface area (Å²) in [5, 5.41) is 9.10. The third-order valence-corrected chi connectivity index (χ3v) is 6.98. The highest BCUT2D eigenvalue weighted by Crippen LogP contribution is 2.48. The number of aromatic amines is 1. The molecular formula is C19H24F2N6OS. The summed E-state index contributed by atoms with van der Waals surface area (Å²) in [5.74, 6) is 3.52. The van der Waals surface area contributed by atoms with Crippen LogP contribution in [0, 0.1) is 5.92 Å². The lowest BCUT2D eigenvalue weighted by molar-refractivity contribution is -0.0446. The Bertz CT molecular complexity index is 1020. The minimum absolute atomic E-state index is 0.0525. The van der Waals surface area contributed by atoms with Crippen molar-refractivity contribution in [3.63, 3.8) is 0 Å². The summed E-state index contributed by atoms with van der Waals surface area (Å²) < 4.78 is 28.7. The molecular weight excluding hydrogens is 398 g/mol. The predicted molar refractivity (Wildman–Crippen MR) is 110 cm³/mol. The molecule has 0 unspecified atom stereocenters. The number of nitrogens with one attached hydrogen (secondary N) is 1. The SMILES string of the molecule is C=C(S/C(C)=N\N)[C@H]1CC[C@H]1c1nc2c(cnn2C2CCC(F)(F)CC2)c(=O)[nH]1. The number of hydrogen-bond donors (Lipinski definition) is 2.